The van der Waals surface area contributed by atoms with Gasteiger partial charge in [-0.05, 0) is 35.9 Å². The first kappa shape index (κ1) is 18.5. The van der Waals surface area contributed by atoms with E-state index in [-0.39, 0.29) is 25.2 Å². The molecule has 4 rings (SSSR count). The number of fused-ring (bicyclic) bond motifs is 1. The molecule has 0 atom stereocenters. The van der Waals surface area contributed by atoms with Gasteiger partial charge >= 0.3 is 0 Å². The molecule has 1 aromatic heterocycles. The molecule has 2 aliphatic heterocycles. The first-order chi connectivity index (χ1) is 13.6. The van der Waals surface area contributed by atoms with Crippen LogP contribution in [-0.2, 0) is 4.79 Å². The summed E-state index contributed by atoms with van der Waals surface area (Å²) in [5.74, 6) is 0.872. The Morgan fingerprint density at radius 3 is 2.96 bits per heavy atom. The number of aromatic nitrogens is 1. The van der Waals surface area contributed by atoms with E-state index in [1.54, 1.807) is 30.5 Å². The van der Waals surface area contributed by atoms with Crippen LogP contribution in [-0.4, -0.2) is 45.9 Å². The van der Waals surface area contributed by atoms with Crippen molar-refractivity contribution in [2.75, 3.05) is 19.9 Å². The molecule has 2 aromatic rings. The van der Waals surface area contributed by atoms with Crippen LogP contribution in [0.3, 0.4) is 0 Å². The number of benzene rings is 1. The summed E-state index contributed by atoms with van der Waals surface area (Å²) in [5, 5.41) is 2.75. The van der Waals surface area contributed by atoms with Gasteiger partial charge in [-0.1, -0.05) is 36.1 Å². The number of pyridine rings is 1. The van der Waals surface area contributed by atoms with Gasteiger partial charge in [0.2, 0.25) is 6.79 Å². The summed E-state index contributed by atoms with van der Waals surface area (Å²) < 4.78 is 11.1. The zero-order valence-electron chi connectivity index (χ0n) is 14.6. The molecule has 0 radical (unpaired) electrons. The van der Waals surface area contributed by atoms with Crippen molar-refractivity contribution < 1.29 is 19.1 Å². The Morgan fingerprint density at radius 1 is 1.29 bits per heavy atom. The molecule has 0 spiro atoms. The number of carbonyl (C=O) groups excluding carboxylic acids is 2. The highest BCUT2D eigenvalue weighted by molar-refractivity contribution is 8.26. The number of nitrogens with zero attached hydrogens (tertiary/aromatic N) is 2. The predicted octanol–water partition coefficient (Wildman–Crippen LogP) is 2.44. The number of rotatable bonds is 5. The number of hydrogen-bond acceptors (Lipinski definition) is 7. The molecule has 7 nitrogen and oxygen atoms in total. The van der Waals surface area contributed by atoms with E-state index in [0.717, 1.165) is 5.56 Å². The summed E-state index contributed by atoms with van der Waals surface area (Å²) in [7, 11) is 0. The Kier molecular flexibility index (Phi) is 5.27. The van der Waals surface area contributed by atoms with Gasteiger partial charge in [0, 0.05) is 19.3 Å². The predicted molar refractivity (Wildman–Crippen MR) is 109 cm³/mol. The second-order valence-electron chi connectivity index (χ2n) is 5.92. The number of hydrogen-bond donors (Lipinski definition) is 1. The van der Waals surface area contributed by atoms with Gasteiger partial charge in [0.1, 0.15) is 10.0 Å². The highest BCUT2D eigenvalue weighted by atomic mass is 32.2. The van der Waals surface area contributed by atoms with Crippen molar-refractivity contribution in [3.63, 3.8) is 0 Å². The lowest BCUT2D eigenvalue weighted by atomic mass is 10.2. The van der Waals surface area contributed by atoms with Gasteiger partial charge in [-0.3, -0.25) is 19.5 Å². The van der Waals surface area contributed by atoms with E-state index in [1.807, 2.05) is 18.2 Å². The first-order valence-electron chi connectivity index (χ1n) is 8.46. The molecular formula is C19H15N3O4S2. The van der Waals surface area contributed by atoms with Crippen LogP contribution in [0.1, 0.15) is 16.1 Å². The number of amides is 2. The maximum absolute atomic E-state index is 12.7. The second kappa shape index (κ2) is 7.99. The zero-order valence-corrected chi connectivity index (χ0v) is 16.2. The average Bonchev–Trinajstić information content (AvgIpc) is 3.28. The Morgan fingerprint density at radius 2 is 2.14 bits per heavy atom. The van der Waals surface area contributed by atoms with E-state index in [9.17, 15) is 9.59 Å². The molecule has 28 heavy (non-hydrogen) atoms. The molecular weight excluding hydrogens is 398 g/mol. The van der Waals surface area contributed by atoms with E-state index < -0.39 is 0 Å². The second-order valence-corrected chi connectivity index (χ2v) is 7.59. The summed E-state index contributed by atoms with van der Waals surface area (Å²) in [5.41, 5.74) is 1.16. The number of thioether (sulfide) groups is 1. The quantitative estimate of drug-likeness (QED) is 0.596. The summed E-state index contributed by atoms with van der Waals surface area (Å²) in [6, 6.07) is 10.6. The molecule has 0 unspecified atom stereocenters. The minimum atomic E-state index is -0.290. The van der Waals surface area contributed by atoms with Crippen molar-refractivity contribution in [1.82, 2.24) is 15.2 Å². The SMILES string of the molecule is O=C(NCCN1C(=O)/C(=C\c2ccc3c(c2)OCO3)SC1=S)c1ccccn1. The molecule has 1 fully saturated rings. The maximum atomic E-state index is 12.7. The summed E-state index contributed by atoms with van der Waals surface area (Å²) in [6.45, 7) is 0.770. The molecule has 9 heteroatoms. The molecule has 0 bridgehead atoms. The van der Waals surface area contributed by atoms with E-state index in [4.69, 9.17) is 21.7 Å². The fraction of sp³-hybridized carbons (Fsp3) is 0.158. The zero-order chi connectivity index (χ0) is 19.5. The molecule has 3 heterocycles. The Balaban J connectivity index is 1.38. The monoisotopic (exact) mass is 413 g/mol. The Labute approximate surface area is 170 Å². The van der Waals surface area contributed by atoms with Crippen LogP contribution in [0.25, 0.3) is 6.08 Å². The Bertz CT molecular complexity index is 978. The van der Waals surface area contributed by atoms with Gasteiger partial charge in [-0.15, -0.1) is 0 Å². The van der Waals surface area contributed by atoms with E-state index in [2.05, 4.69) is 10.3 Å². The van der Waals surface area contributed by atoms with Crippen molar-refractivity contribution in [3.05, 3.63) is 58.8 Å². The van der Waals surface area contributed by atoms with Crippen LogP contribution in [0.15, 0.2) is 47.5 Å². The fourth-order valence-electron chi connectivity index (χ4n) is 2.72. The largest absolute Gasteiger partial charge is 0.454 e. The third-order valence-electron chi connectivity index (χ3n) is 4.09. The summed E-state index contributed by atoms with van der Waals surface area (Å²) in [4.78, 5) is 30.7. The Hall–Kier alpha value is -2.91. The lowest BCUT2D eigenvalue weighted by molar-refractivity contribution is -0.122. The van der Waals surface area contributed by atoms with Gasteiger partial charge in [0.15, 0.2) is 11.5 Å². The van der Waals surface area contributed by atoms with Crippen molar-refractivity contribution in [1.29, 1.82) is 0 Å². The third kappa shape index (κ3) is 3.85. The topological polar surface area (TPSA) is 80.8 Å². The highest BCUT2D eigenvalue weighted by Crippen LogP contribution is 2.36. The summed E-state index contributed by atoms with van der Waals surface area (Å²) >= 11 is 6.56. The van der Waals surface area contributed by atoms with Crippen LogP contribution < -0.4 is 14.8 Å². The van der Waals surface area contributed by atoms with Crippen LogP contribution in [0, 0.1) is 0 Å². The smallest absolute Gasteiger partial charge is 0.269 e. The van der Waals surface area contributed by atoms with Crippen LogP contribution >= 0.6 is 24.0 Å². The molecule has 2 aliphatic rings. The van der Waals surface area contributed by atoms with E-state index in [1.165, 1.54) is 16.7 Å². The van der Waals surface area contributed by atoms with Crippen molar-refractivity contribution in [2.45, 2.75) is 0 Å². The summed E-state index contributed by atoms with van der Waals surface area (Å²) in [6.07, 6.45) is 3.33. The lowest BCUT2D eigenvalue weighted by Crippen LogP contribution is -2.37. The minimum Gasteiger partial charge on any atom is -0.454 e. The van der Waals surface area contributed by atoms with Crippen LogP contribution in [0.5, 0.6) is 11.5 Å². The highest BCUT2D eigenvalue weighted by Gasteiger charge is 2.31. The molecule has 0 aliphatic carbocycles. The molecule has 0 saturated carbocycles. The maximum Gasteiger partial charge on any atom is 0.269 e. The van der Waals surface area contributed by atoms with Crippen molar-refractivity contribution in [3.8, 4) is 11.5 Å². The van der Waals surface area contributed by atoms with E-state index in [0.29, 0.717) is 33.0 Å². The van der Waals surface area contributed by atoms with Gasteiger partial charge in [0.25, 0.3) is 11.8 Å². The normalized spacial score (nSPS) is 16.7. The molecule has 2 amide bonds. The molecule has 1 saturated heterocycles. The third-order valence-corrected chi connectivity index (χ3v) is 5.46. The van der Waals surface area contributed by atoms with E-state index >= 15 is 0 Å². The molecule has 142 valence electrons. The molecule has 1 N–H and O–H groups in total. The standard InChI is InChI=1S/C19H15N3O4S2/c23-17(13-3-1-2-6-20-13)21-7-8-22-18(24)16(28-19(22)27)10-12-4-5-14-15(9-12)26-11-25-14/h1-6,9-10H,7-8,11H2,(H,21,23)/b16-10+. The fourth-order valence-corrected chi connectivity index (χ4v) is 4.02. The van der Waals surface area contributed by atoms with Gasteiger partial charge in [0.05, 0.1) is 4.91 Å². The number of nitrogens with one attached hydrogen (secondary N) is 1. The van der Waals surface area contributed by atoms with Gasteiger partial charge in [-0.2, -0.15) is 0 Å². The minimum absolute atomic E-state index is 0.181. The number of carbonyl (C=O) groups is 2. The number of ether oxygens (including phenoxy) is 2. The first-order valence-corrected chi connectivity index (χ1v) is 9.68. The molecule has 1 aromatic carbocycles. The average molecular weight is 413 g/mol. The van der Waals surface area contributed by atoms with Gasteiger partial charge in [-0.25, -0.2) is 0 Å². The van der Waals surface area contributed by atoms with Crippen LogP contribution in [0.2, 0.25) is 0 Å². The lowest BCUT2D eigenvalue weighted by Gasteiger charge is -2.14. The van der Waals surface area contributed by atoms with Crippen molar-refractivity contribution in [2.24, 2.45) is 0 Å². The number of thiocarbonyl (C=S) groups is 1. The van der Waals surface area contributed by atoms with Crippen molar-refractivity contribution >= 4 is 46.2 Å². The van der Waals surface area contributed by atoms with Crippen LogP contribution in [0.4, 0.5) is 0 Å². The van der Waals surface area contributed by atoms with Gasteiger partial charge < -0.3 is 14.8 Å².